The minimum absolute atomic E-state index is 0.105. The van der Waals surface area contributed by atoms with Crippen LogP contribution in [0.2, 0.25) is 0 Å². The number of rotatable bonds is 2. The van der Waals surface area contributed by atoms with E-state index in [1.807, 2.05) is 18.7 Å². The van der Waals surface area contributed by atoms with Crippen molar-refractivity contribution < 1.29 is 4.79 Å². The first-order valence-electron chi connectivity index (χ1n) is 5.92. The largest absolute Gasteiger partial charge is 0.336 e. The molecule has 0 aromatic heterocycles. The molecule has 2 bridgehead atoms. The summed E-state index contributed by atoms with van der Waals surface area (Å²) < 4.78 is 0. The molecule has 4 nitrogen and oxygen atoms in total. The summed E-state index contributed by atoms with van der Waals surface area (Å²) in [5, 5.41) is 2.98. The predicted molar refractivity (Wildman–Crippen MR) is 59.5 cm³/mol. The van der Waals surface area contributed by atoms with Gasteiger partial charge in [-0.1, -0.05) is 0 Å². The summed E-state index contributed by atoms with van der Waals surface area (Å²) in [7, 11) is 0. The van der Waals surface area contributed by atoms with Gasteiger partial charge in [-0.05, 0) is 45.6 Å². The Morgan fingerprint density at radius 3 is 2.80 bits per heavy atom. The van der Waals surface area contributed by atoms with Crippen LogP contribution in [0.5, 0.6) is 0 Å². The zero-order valence-electron chi connectivity index (χ0n) is 9.57. The fourth-order valence-corrected chi connectivity index (χ4v) is 3.00. The van der Waals surface area contributed by atoms with Gasteiger partial charge in [0.2, 0.25) is 0 Å². The maximum absolute atomic E-state index is 12.0. The summed E-state index contributed by atoms with van der Waals surface area (Å²) in [5.41, 5.74) is 5.73. The van der Waals surface area contributed by atoms with E-state index >= 15 is 0 Å². The summed E-state index contributed by atoms with van der Waals surface area (Å²) in [6, 6.07) is 1.17. The first-order chi connectivity index (χ1) is 7.13. The van der Waals surface area contributed by atoms with Gasteiger partial charge in [0.05, 0.1) is 0 Å². The Kier molecular flexibility index (Phi) is 2.87. The predicted octanol–water partition coefficient (Wildman–Crippen LogP) is 0.916. The van der Waals surface area contributed by atoms with Crippen LogP contribution >= 0.6 is 0 Å². The molecule has 2 saturated heterocycles. The van der Waals surface area contributed by atoms with Gasteiger partial charge in [-0.3, -0.25) is 0 Å². The fraction of sp³-hybridized carbons (Fsp3) is 0.909. The van der Waals surface area contributed by atoms with E-state index in [1.54, 1.807) is 0 Å². The third-order valence-electron chi connectivity index (χ3n) is 3.61. The highest BCUT2D eigenvalue weighted by Gasteiger charge is 2.47. The van der Waals surface area contributed by atoms with Crippen molar-refractivity contribution in [3.05, 3.63) is 0 Å². The summed E-state index contributed by atoms with van der Waals surface area (Å²) >= 11 is 0. The maximum atomic E-state index is 12.0. The molecule has 3 atom stereocenters. The maximum Gasteiger partial charge on any atom is 0.318 e. The van der Waals surface area contributed by atoms with Crippen molar-refractivity contribution in [2.45, 2.75) is 51.2 Å². The Bertz CT molecular complexity index is 254. The number of nitrogens with two attached hydrogens (primary N) is 1. The van der Waals surface area contributed by atoms with Crippen molar-refractivity contribution in [1.82, 2.24) is 10.2 Å². The lowest BCUT2D eigenvalue weighted by Crippen LogP contribution is -2.46. The number of nitrogens with one attached hydrogen (secondary N) is 1. The highest BCUT2D eigenvalue weighted by atomic mass is 16.2. The van der Waals surface area contributed by atoms with Gasteiger partial charge in [0.15, 0.2) is 0 Å². The second kappa shape index (κ2) is 4.00. The molecule has 2 aliphatic heterocycles. The molecule has 0 aromatic carbocycles. The van der Waals surface area contributed by atoms with E-state index in [9.17, 15) is 4.79 Å². The lowest BCUT2D eigenvalue weighted by atomic mass is 9.89. The zero-order valence-corrected chi connectivity index (χ0v) is 9.57. The third-order valence-corrected chi connectivity index (χ3v) is 3.61. The van der Waals surface area contributed by atoms with Crippen molar-refractivity contribution in [3.63, 3.8) is 0 Å². The van der Waals surface area contributed by atoms with Crippen LogP contribution in [-0.4, -0.2) is 35.6 Å². The summed E-state index contributed by atoms with van der Waals surface area (Å²) in [6.07, 6.45) is 3.40. The number of urea groups is 1. The van der Waals surface area contributed by atoms with Crippen LogP contribution in [0.3, 0.4) is 0 Å². The summed E-state index contributed by atoms with van der Waals surface area (Å²) in [5.74, 6) is 0.529. The minimum atomic E-state index is 0.105. The van der Waals surface area contributed by atoms with Gasteiger partial charge < -0.3 is 16.0 Å². The normalized spacial score (nSPS) is 33.9. The van der Waals surface area contributed by atoms with E-state index < -0.39 is 0 Å². The Labute approximate surface area is 91.2 Å². The standard InChI is InChI=1S/C11H21N3O/c1-7(2)13-11(15)14-9-3-4-10(14)8(5-9)6-12/h7-10H,3-6,12H2,1-2H3,(H,13,15). The number of carbonyl (C=O) groups excluding carboxylic acids is 1. The third kappa shape index (κ3) is 1.83. The second-order valence-electron chi connectivity index (χ2n) is 5.04. The van der Waals surface area contributed by atoms with Crippen LogP contribution in [0, 0.1) is 5.92 Å². The van der Waals surface area contributed by atoms with E-state index in [0.29, 0.717) is 24.5 Å². The molecule has 4 heteroatoms. The van der Waals surface area contributed by atoms with Gasteiger partial charge in [0, 0.05) is 18.1 Å². The van der Waals surface area contributed by atoms with E-state index in [0.717, 1.165) is 19.3 Å². The highest BCUT2D eigenvalue weighted by molar-refractivity contribution is 5.76. The number of nitrogens with zero attached hydrogens (tertiary/aromatic N) is 1. The molecule has 0 saturated carbocycles. The monoisotopic (exact) mass is 211 g/mol. The quantitative estimate of drug-likeness (QED) is 0.713. The van der Waals surface area contributed by atoms with Crippen LogP contribution in [0.15, 0.2) is 0 Å². The Hall–Kier alpha value is -0.770. The topological polar surface area (TPSA) is 58.4 Å². The highest BCUT2D eigenvalue weighted by Crippen LogP contribution is 2.41. The number of hydrogen-bond acceptors (Lipinski definition) is 2. The molecule has 2 aliphatic rings. The molecule has 2 fully saturated rings. The molecule has 0 aromatic rings. The SMILES string of the molecule is CC(C)NC(=O)N1C2CCC1C(CN)C2. The van der Waals surface area contributed by atoms with Crippen molar-refractivity contribution >= 4 is 6.03 Å². The lowest BCUT2D eigenvalue weighted by molar-refractivity contribution is 0.185. The summed E-state index contributed by atoms with van der Waals surface area (Å²) in [4.78, 5) is 14.0. The zero-order chi connectivity index (χ0) is 11.0. The van der Waals surface area contributed by atoms with E-state index in [2.05, 4.69) is 5.32 Å². The van der Waals surface area contributed by atoms with Gasteiger partial charge >= 0.3 is 6.03 Å². The molecule has 0 spiro atoms. The molecule has 3 N–H and O–H groups in total. The van der Waals surface area contributed by atoms with Gasteiger partial charge in [0.25, 0.3) is 0 Å². The molecule has 3 unspecified atom stereocenters. The Morgan fingerprint density at radius 1 is 1.53 bits per heavy atom. The fourth-order valence-electron chi connectivity index (χ4n) is 3.00. The van der Waals surface area contributed by atoms with Crippen LogP contribution in [-0.2, 0) is 0 Å². The molecule has 2 rings (SSSR count). The number of carbonyl (C=O) groups is 1. The first kappa shape index (κ1) is 10.7. The van der Waals surface area contributed by atoms with E-state index in [1.165, 1.54) is 0 Å². The second-order valence-corrected chi connectivity index (χ2v) is 5.04. The molecule has 0 aliphatic carbocycles. The lowest BCUT2D eigenvalue weighted by Gasteiger charge is -2.25. The molecular weight excluding hydrogens is 190 g/mol. The molecule has 86 valence electrons. The van der Waals surface area contributed by atoms with Crippen LogP contribution in [0.25, 0.3) is 0 Å². The first-order valence-corrected chi connectivity index (χ1v) is 5.92. The van der Waals surface area contributed by atoms with Crippen molar-refractivity contribution in [1.29, 1.82) is 0 Å². The van der Waals surface area contributed by atoms with Crippen LogP contribution in [0.1, 0.15) is 33.1 Å². The summed E-state index contributed by atoms with van der Waals surface area (Å²) in [6.45, 7) is 4.71. The van der Waals surface area contributed by atoms with Crippen molar-refractivity contribution in [2.24, 2.45) is 11.7 Å². The molecule has 2 amide bonds. The minimum Gasteiger partial charge on any atom is -0.336 e. The smallest absolute Gasteiger partial charge is 0.318 e. The molecule has 2 heterocycles. The molecule has 0 radical (unpaired) electrons. The average Bonchev–Trinajstić information content (AvgIpc) is 2.72. The van der Waals surface area contributed by atoms with Crippen molar-refractivity contribution in [3.8, 4) is 0 Å². The van der Waals surface area contributed by atoms with Crippen LogP contribution < -0.4 is 11.1 Å². The van der Waals surface area contributed by atoms with Gasteiger partial charge in [-0.15, -0.1) is 0 Å². The van der Waals surface area contributed by atoms with E-state index in [-0.39, 0.29) is 12.1 Å². The van der Waals surface area contributed by atoms with Gasteiger partial charge in [-0.2, -0.15) is 0 Å². The average molecular weight is 211 g/mol. The number of hydrogen-bond donors (Lipinski definition) is 2. The van der Waals surface area contributed by atoms with Crippen LogP contribution in [0.4, 0.5) is 4.79 Å². The van der Waals surface area contributed by atoms with Gasteiger partial charge in [0.1, 0.15) is 0 Å². The Morgan fingerprint density at radius 2 is 2.27 bits per heavy atom. The Balaban J connectivity index is 2.02. The van der Waals surface area contributed by atoms with Gasteiger partial charge in [-0.25, -0.2) is 4.79 Å². The molecular formula is C11H21N3O. The number of fused-ring (bicyclic) bond motifs is 2. The van der Waals surface area contributed by atoms with Crippen molar-refractivity contribution in [2.75, 3.05) is 6.54 Å². The molecule has 15 heavy (non-hydrogen) atoms. The van der Waals surface area contributed by atoms with E-state index in [4.69, 9.17) is 5.73 Å². The number of amides is 2.